The maximum absolute atomic E-state index is 11.1. The van der Waals surface area contributed by atoms with Crippen LogP contribution in [-0.4, -0.2) is 68.9 Å². The van der Waals surface area contributed by atoms with Crippen molar-refractivity contribution >= 4 is 77.9 Å². The Morgan fingerprint density at radius 1 is 1.21 bits per heavy atom. The minimum atomic E-state index is -4.61. The number of phosphoric ester groups is 1. The zero-order valence-corrected chi connectivity index (χ0v) is 15.7. The van der Waals surface area contributed by atoms with Gasteiger partial charge in [0.2, 0.25) is 0 Å². The molecule has 2 N–H and O–H groups in total. The SMILES string of the molecule is Cc1cc(=O)oc2cc(OP(=O)(O)O)ccc12.[Na].[Na]. The van der Waals surface area contributed by atoms with Gasteiger partial charge in [-0.15, -0.1) is 0 Å². The summed E-state index contributed by atoms with van der Waals surface area (Å²) in [5.74, 6) is -0.0559. The Kier molecular flexibility index (Phi) is 7.55. The molecule has 1 aromatic carbocycles. The van der Waals surface area contributed by atoms with E-state index in [0.29, 0.717) is 5.39 Å². The Labute approximate surface area is 153 Å². The van der Waals surface area contributed by atoms with Crippen molar-refractivity contribution in [2.24, 2.45) is 0 Å². The van der Waals surface area contributed by atoms with Crippen LogP contribution in [0.2, 0.25) is 0 Å². The molecule has 9 heteroatoms. The van der Waals surface area contributed by atoms with Gasteiger partial charge in [0, 0.05) is 76.6 Å². The standard InChI is InChI=1S/C10H9O6P.2Na/c1-6-4-10(11)15-9-5-7(2-3-8(6)9)16-17(12,13)14;;/h2-5H,1H3,(H2,12,13,14);;. The number of fused-ring (bicyclic) bond motifs is 1. The third-order valence-corrected chi connectivity index (χ3v) is 2.60. The van der Waals surface area contributed by atoms with Crippen LogP contribution in [0.25, 0.3) is 11.0 Å². The van der Waals surface area contributed by atoms with E-state index in [1.54, 1.807) is 13.0 Å². The average molecular weight is 302 g/mol. The van der Waals surface area contributed by atoms with Gasteiger partial charge < -0.3 is 8.94 Å². The van der Waals surface area contributed by atoms with Gasteiger partial charge in [0.1, 0.15) is 11.3 Å². The molecule has 1 aromatic heterocycles. The minimum absolute atomic E-state index is 0. The first-order valence-corrected chi connectivity index (χ1v) is 6.18. The Hall–Kier alpha value is 0.380. The second-order valence-corrected chi connectivity index (χ2v) is 4.65. The summed E-state index contributed by atoms with van der Waals surface area (Å²) in [6, 6.07) is 5.57. The van der Waals surface area contributed by atoms with Crippen LogP contribution in [0.4, 0.5) is 0 Å². The van der Waals surface area contributed by atoms with E-state index in [4.69, 9.17) is 14.2 Å². The molecule has 6 nitrogen and oxygen atoms in total. The summed E-state index contributed by atoms with van der Waals surface area (Å²) in [6.07, 6.45) is 0. The molecule has 0 aliphatic rings. The summed E-state index contributed by atoms with van der Waals surface area (Å²) in [5, 5.41) is 0.683. The third-order valence-electron chi connectivity index (χ3n) is 2.15. The van der Waals surface area contributed by atoms with E-state index in [-0.39, 0.29) is 70.4 Å². The monoisotopic (exact) mass is 302 g/mol. The second kappa shape index (κ2) is 7.41. The average Bonchev–Trinajstić information content (AvgIpc) is 2.13. The number of hydrogen-bond acceptors (Lipinski definition) is 4. The van der Waals surface area contributed by atoms with Crippen molar-refractivity contribution in [3.05, 3.63) is 40.2 Å². The molecule has 0 saturated heterocycles. The smallest absolute Gasteiger partial charge is 0.423 e. The molecule has 0 unspecified atom stereocenters. The maximum atomic E-state index is 11.1. The van der Waals surface area contributed by atoms with Gasteiger partial charge in [0.25, 0.3) is 0 Å². The number of hydrogen-bond donors (Lipinski definition) is 2. The quantitative estimate of drug-likeness (QED) is 0.484. The van der Waals surface area contributed by atoms with Gasteiger partial charge in [-0.05, 0) is 24.6 Å². The topological polar surface area (TPSA) is 97.0 Å². The normalized spacial score (nSPS) is 10.5. The molecule has 2 radical (unpaired) electrons. The fraction of sp³-hybridized carbons (Fsp3) is 0.100. The van der Waals surface area contributed by atoms with Crippen LogP contribution >= 0.6 is 7.82 Å². The zero-order chi connectivity index (χ0) is 12.6. The van der Waals surface area contributed by atoms with Gasteiger partial charge in [-0.25, -0.2) is 9.36 Å². The molecule has 1 heterocycles. The predicted octanol–water partition coefficient (Wildman–Crippen LogP) is 0.811. The van der Waals surface area contributed by atoms with Crippen molar-refractivity contribution in [1.29, 1.82) is 0 Å². The molecule has 0 amide bonds. The van der Waals surface area contributed by atoms with Crippen LogP contribution in [0, 0.1) is 6.92 Å². The number of benzene rings is 1. The van der Waals surface area contributed by atoms with E-state index in [0.717, 1.165) is 5.56 Å². The molecule has 0 spiro atoms. The Balaban J connectivity index is 0.00000162. The molecular weight excluding hydrogens is 293 g/mol. The Morgan fingerprint density at radius 2 is 1.84 bits per heavy atom. The van der Waals surface area contributed by atoms with E-state index in [1.807, 2.05) is 0 Å². The minimum Gasteiger partial charge on any atom is -0.423 e. The van der Waals surface area contributed by atoms with Gasteiger partial charge in [-0.2, -0.15) is 0 Å². The molecular formula is C10H9Na2O6P. The second-order valence-electron chi connectivity index (χ2n) is 3.49. The summed E-state index contributed by atoms with van der Waals surface area (Å²) in [7, 11) is -4.61. The predicted molar refractivity (Wildman–Crippen MR) is 71.4 cm³/mol. The Bertz CT molecular complexity index is 677. The summed E-state index contributed by atoms with van der Waals surface area (Å²) in [6.45, 7) is 1.74. The summed E-state index contributed by atoms with van der Waals surface area (Å²) in [4.78, 5) is 28.4. The van der Waals surface area contributed by atoms with Gasteiger partial charge in [0.05, 0.1) is 0 Å². The van der Waals surface area contributed by atoms with Crippen LogP contribution < -0.4 is 10.1 Å². The third kappa shape index (κ3) is 5.34. The van der Waals surface area contributed by atoms with Gasteiger partial charge >= 0.3 is 13.4 Å². The van der Waals surface area contributed by atoms with E-state index >= 15 is 0 Å². The fourth-order valence-electron chi connectivity index (χ4n) is 1.50. The summed E-state index contributed by atoms with van der Waals surface area (Å²) in [5.41, 5.74) is 0.420. The van der Waals surface area contributed by atoms with Gasteiger partial charge in [-0.1, -0.05) is 0 Å². The number of phosphoric acid groups is 1. The molecule has 0 saturated carbocycles. The molecule has 2 aromatic rings. The van der Waals surface area contributed by atoms with Crippen molar-refractivity contribution < 1.29 is 23.3 Å². The van der Waals surface area contributed by atoms with Crippen LogP contribution in [-0.2, 0) is 4.57 Å². The van der Waals surface area contributed by atoms with Crippen molar-refractivity contribution in [3.63, 3.8) is 0 Å². The number of aryl methyl sites for hydroxylation is 1. The summed E-state index contributed by atoms with van der Waals surface area (Å²) < 4.78 is 20.0. The first-order chi connectivity index (χ1) is 7.85. The Morgan fingerprint density at radius 3 is 2.42 bits per heavy atom. The molecule has 0 atom stereocenters. The van der Waals surface area contributed by atoms with Crippen molar-refractivity contribution in [1.82, 2.24) is 0 Å². The summed E-state index contributed by atoms with van der Waals surface area (Å²) >= 11 is 0. The number of rotatable bonds is 2. The molecule has 2 rings (SSSR count). The largest absolute Gasteiger partial charge is 0.524 e. The molecule has 0 aliphatic carbocycles. The van der Waals surface area contributed by atoms with Crippen molar-refractivity contribution in [3.8, 4) is 5.75 Å². The zero-order valence-electron chi connectivity index (χ0n) is 10.8. The fourth-order valence-corrected chi connectivity index (χ4v) is 1.89. The van der Waals surface area contributed by atoms with Crippen LogP contribution in [0.15, 0.2) is 33.5 Å². The first kappa shape index (κ1) is 19.4. The maximum Gasteiger partial charge on any atom is 0.524 e. The van der Waals surface area contributed by atoms with Crippen molar-refractivity contribution in [2.75, 3.05) is 0 Å². The molecule has 19 heavy (non-hydrogen) atoms. The van der Waals surface area contributed by atoms with Crippen molar-refractivity contribution in [2.45, 2.75) is 6.92 Å². The van der Waals surface area contributed by atoms with Crippen LogP contribution in [0.1, 0.15) is 5.56 Å². The van der Waals surface area contributed by atoms with Crippen LogP contribution in [0.5, 0.6) is 5.75 Å². The van der Waals surface area contributed by atoms with Gasteiger partial charge in [0.15, 0.2) is 0 Å². The molecule has 92 valence electrons. The van der Waals surface area contributed by atoms with E-state index < -0.39 is 13.4 Å². The van der Waals surface area contributed by atoms with E-state index in [9.17, 15) is 9.36 Å². The van der Waals surface area contributed by atoms with Gasteiger partial charge in [-0.3, -0.25) is 9.79 Å². The van der Waals surface area contributed by atoms with Crippen LogP contribution in [0.3, 0.4) is 0 Å². The van der Waals surface area contributed by atoms with E-state index in [1.165, 1.54) is 18.2 Å². The molecule has 0 aliphatic heterocycles. The molecule has 0 fully saturated rings. The molecule has 0 bridgehead atoms. The first-order valence-electron chi connectivity index (χ1n) is 4.65. The van der Waals surface area contributed by atoms with E-state index in [2.05, 4.69) is 4.52 Å².